The molecule has 1 amide bonds. The number of aliphatic carboxylic acids is 1. The highest BCUT2D eigenvalue weighted by Gasteiger charge is 2.64. The van der Waals surface area contributed by atoms with Gasteiger partial charge in [-0.1, -0.05) is 6.92 Å². The Labute approximate surface area is 135 Å². The number of halogens is 3. The summed E-state index contributed by atoms with van der Waals surface area (Å²) in [6.07, 6.45) is -3.98. The van der Waals surface area contributed by atoms with Crippen LogP contribution in [0.15, 0.2) is 0 Å². The Balaban J connectivity index is 2.24. The summed E-state index contributed by atoms with van der Waals surface area (Å²) in [7, 11) is 0. The molecule has 1 saturated heterocycles. The summed E-state index contributed by atoms with van der Waals surface area (Å²) < 4.78 is 39.5. The third kappa shape index (κ3) is 3.06. The Kier molecular flexibility index (Phi) is 4.70. The Morgan fingerprint density at radius 3 is 2.57 bits per heavy atom. The monoisotopic (exact) mass is 350 g/mol. The third-order valence-corrected chi connectivity index (χ3v) is 5.21. The van der Waals surface area contributed by atoms with Crippen LogP contribution in [0.25, 0.3) is 0 Å². The molecule has 0 aliphatic carbocycles. The van der Waals surface area contributed by atoms with Gasteiger partial charge in [0.1, 0.15) is 4.88 Å². The molecule has 0 spiro atoms. The lowest BCUT2D eigenvalue weighted by atomic mass is 9.86. The summed E-state index contributed by atoms with van der Waals surface area (Å²) in [4.78, 5) is 29.1. The van der Waals surface area contributed by atoms with Gasteiger partial charge >= 0.3 is 12.1 Å². The molecule has 0 radical (unpaired) electrons. The van der Waals surface area contributed by atoms with Crippen molar-refractivity contribution in [1.29, 1.82) is 0 Å². The highest BCUT2D eigenvalue weighted by Crippen LogP contribution is 2.46. The van der Waals surface area contributed by atoms with Gasteiger partial charge in [0.15, 0.2) is 5.41 Å². The lowest BCUT2D eigenvalue weighted by molar-refractivity contribution is -0.227. The first-order valence-corrected chi connectivity index (χ1v) is 7.99. The average Bonchev–Trinajstić information content (AvgIpc) is 3.02. The second-order valence-corrected chi connectivity index (χ2v) is 6.72. The lowest BCUT2D eigenvalue weighted by Gasteiger charge is -2.27. The van der Waals surface area contributed by atoms with E-state index in [2.05, 4.69) is 4.98 Å². The van der Waals surface area contributed by atoms with Gasteiger partial charge in [-0.2, -0.15) is 13.2 Å². The molecule has 5 nitrogen and oxygen atoms in total. The quantitative estimate of drug-likeness (QED) is 0.906. The number of thiazole rings is 1. The molecule has 2 heterocycles. The van der Waals surface area contributed by atoms with Crippen LogP contribution in [0.5, 0.6) is 0 Å². The van der Waals surface area contributed by atoms with E-state index in [0.717, 1.165) is 27.7 Å². The Bertz CT molecular complexity index is 629. The van der Waals surface area contributed by atoms with E-state index in [-0.39, 0.29) is 11.4 Å². The summed E-state index contributed by atoms with van der Waals surface area (Å²) in [6, 6.07) is 0. The molecule has 0 aromatic carbocycles. The minimum atomic E-state index is -4.90. The van der Waals surface area contributed by atoms with Crippen molar-refractivity contribution in [2.75, 3.05) is 13.1 Å². The van der Waals surface area contributed by atoms with E-state index in [1.807, 2.05) is 6.92 Å². The molecular formula is C14H17F3N2O3S. The normalized spacial score (nSPS) is 21.7. The van der Waals surface area contributed by atoms with E-state index in [4.69, 9.17) is 5.11 Å². The van der Waals surface area contributed by atoms with Crippen molar-refractivity contribution in [3.63, 3.8) is 0 Å². The van der Waals surface area contributed by atoms with Crippen molar-refractivity contribution in [3.8, 4) is 0 Å². The second-order valence-electron chi connectivity index (χ2n) is 5.63. The first kappa shape index (κ1) is 17.7. The van der Waals surface area contributed by atoms with Gasteiger partial charge in [-0.3, -0.25) is 9.59 Å². The number of alkyl halides is 3. The van der Waals surface area contributed by atoms with E-state index < -0.39 is 36.4 Å². The summed E-state index contributed by atoms with van der Waals surface area (Å²) in [5, 5.41) is 9.79. The number of rotatable bonds is 4. The predicted octanol–water partition coefficient (Wildman–Crippen LogP) is 2.88. The maximum atomic E-state index is 13.2. The number of nitrogens with zero attached hydrogens (tertiary/aromatic N) is 2. The van der Waals surface area contributed by atoms with Gasteiger partial charge in [0.05, 0.1) is 10.7 Å². The first-order valence-electron chi connectivity index (χ1n) is 7.18. The number of carboxylic acid groups (broad SMARTS) is 1. The fourth-order valence-corrected chi connectivity index (χ4v) is 3.76. The van der Waals surface area contributed by atoms with Crippen molar-refractivity contribution >= 4 is 23.2 Å². The van der Waals surface area contributed by atoms with Crippen molar-refractivity contribution in [2.45, 2.75) is 39.3 Å². The van der Waals surface area contributed by atoms with Crippen molar-refractivity contribution < 1.29 is 27.9 Å². The highest BCUT2D eigenvalue weighted by molar-refractivity contribution is 7.13. The van der Waals surface area contributed by atoms with Crippen molar-refractivity contribution in [1.82, 2.24) is 9.88 Å². The predicted molar refractivity (Wildman–Crippen MR) is 77.5 cm³/mol. The average molecular weight is 350 g/mol. The highest BCUT2D eigenvalue weighted by atomic mass is 32.1. The maximum Gasteiger partial charge on any atom is 0.406 e. The Morgan fingerprint density at radius 2 is 2.09 bits per heavy atom. The van der Waals surface area contributed by atoms with Crippen LogP contribution in [0.3, 0.4) is 0 Å². The lowest BCUT2D eigenvalue weighted by Crippen LogP contribution is -2.47. The number of carbonyl (C=O) groups is 2. The molecule has 128 valence electrons. The summed E-state index contributed by atoms with van der Waals surface area (Å²) in [5.74, 6) is -2.51. The molecule has 1 aromatic heterocycles. The standard InChI is InChI=1S/C14H17F3N2O3S/c1-3-4-9-18-8(2)10(23-9)11(20)19-6-5-13(7-19,12(21)22)14(15,16)17/h3-7H2,1-2H3,(H,21,22). The number of carboxylic acids is 1. The van der Waals surface area contributed by atoms with Crippen LogP contribution in [0.2, 0.25) is 0 Å². The van der Waals surface area contributed by atoms with Gasteiger partial charge in [-0.15, -0.1) is 11.3 Å². The minimum absolute atomic E-state index is 0.231. The van der Waals surface area contributed by atoms with E-state index in [0.29, 0.717) is 12.1 Å². The zero-order valence-electron chi connectivity index (χ0n) is 12.7. The molecule has 1 aliphatic heterocycles. The molecule has 0 bridgehead atoms. The van der Waals surface area contributed by atoms with E-state index in [9.17, 15) is 22.8 Å². The molecule has 1 aliphatic rings. The molecule has 23 heavy (non-hydrogen) atoms. The molecule has 9 heteroatoms. The zero-order valence-corrected chi connectivity index (χ0v) is 13.6. The van der Waals surface area contributed by atoms with Crippen LogP contribution in [0, 0.1) is 12.3 Å². The van der Waals surface area contributed by atoms with Crippen LogP contribution in [0.1, 0.15) is 40.1 Å². The molecule has 1 N–H and O–H groups in total. The van der Waals surface area contributed by atoms with Crippen molar-refractivity contribution in [2.24, 2.45) is 5.41 Å². The summed E-state index contributed by atoms with van der Waals surface area (Å²) >= 11 is 1.16. The number of amides is 1. The van der Waals surface area contributed by atoms with Crippen molar-refractivity contribution in [3.05, 3.63) is 15.6 Å². The minimum Gasteiger partial charge on any atom is -0.481 e. The van der Waals surface area contributed by atoms with Crippen LogP contribution < -0.4 is 0 Å². The molecule has 1 atom stereocenters. The van der Waals surface area contributed by atoms with Crippen LogP contribution in [-0.2, 0) is 11.2 Å². The topological polar surface area (TPSA) is 70.5 Å². The van der Waals surface area contributed by atoms with Crippen LogP contribution in [-0.4, -0.2) is 46.1 Å². The maximum absolute atomic E-state index is 13.2. The number of hydrogen-bond acceptors (Lipinski definition) is 4. The first-order chi connectivity index (χ1) is 10.6. The smallest absolute Gasteiger partial charge is 0.406 e. The van der Waals surface area contributed by atoms with E-state index in [1.165, 1.54) is 0 Å². The molecule has 2 rings (SSSR count). The number of hydrogen-bond donors (Lipinski definition) is 1. The fraction of sp³-hybridized carbons (Fsp3) is 0.643. The molecule has 1 unspecified atom stereocenters. The number of aromatic nitrogens is 1. The summed E-state index contributed by atoms with van der Waals surface area (Å²) in [6.45, 7) is 2.51. The Morgan fingerprint density at radius 1 is 1.43 bits per heavy atom. The van der Waals surface area contributed by atoms with Gasteiger partial charge in [0, 0.05) is 13.1 Å². The van der Waals surface area contributed by atoms with Gasteiger partial charge in [0.25, 0.3) is 5.91 Å². The SMILES string of the molecule is CCCc1nc(C)c(C(=O)N2CCC(C(=O)O)(C(F)(F)F)C2)s1. The van der Waals surface area contributed by atoms with Gasteiger partial charge in [0.2, 0.25) is 0 Å². The van der Waals surface area contributed by atoms with E-state index in [1.54, 1.807) is 6.92 Å². The number of carbonyl (C=O) groups excluding carboxylic acids is 1. The molecule has 1 fully saturated rings. The van der Waals surface area contributed by atoms with Gasteiger partial charge < -0.3 is 10.0 Å². The third-order valence-electron chi connectivity index (χ3n) is 4.01. The number of likely N-dealkylation sites (tertiary alicyclic amines) is 1. The second kappa shape index (κ2) is 6.10. The number of aryl methyl sites for hydroxylation is 2. The van der Waals surface area contributed by atoms with Crippen LogP contribution in [0.4, 0.5) is 13.2 Å². The molecule has 1 aromatic rings. The molecular weight excluding hydrogens is 333 g/mol. The van der Waals surface area contributed by atoms with Gasteiger partial charge in [-0.05, 0) is 26.2 Å². The Hall–Kier alpha value is -1.64. The molecule has 0 saturated carbocycles. The van der Waals surface area contributed by atoms with Crippen LogP contribution >= 0.6 is 11.3 Å². The van der Waals surface area contributed by atoms with Gasteiger partial charge in [-0.25, -0.2) is 4.98 Å². The largest absolute Gasteiger partial charge is 0.481 e. The van der Waals surface area contributed by atoms with E-state index >= 15 is 0 Å². The zero-order chi connectivity index (χ0) is 17.4. The summed E-state index contributed by atoms with van der Waals surface area (Å²) in [5.41, 5.74) is -2.41. The fourth-order valence-electron chi connectivity index (χ4n) is 2.63.